The summed E-state index contributed by atoms with van der Waals surface area (Å²) in [6.45, 7) is 1.90. The van der Waals surface area contributed by atoms with Gasteiger partial charge in [-0.05, 0) is 24.1 Å². The molecule has 1 aromatic rings. The van der Waals surface area contributed by atoms with Crippen LogP contribution in [0.5, 0.6) is 0 Å². The van der Waals surface area contributed by atoms with Crippen molar-refractivity contribution in [3.8, 4) is 0 Å². The van der Waals surface area contributed by atoms with Crippen LogP contribution in [0.2, 0.25) is 5.02 Å². The lowest BCUT2D eigenvalue weighted by molar-refractivity contribution is 0.547. The molecule has 0 bridgehead atoms. The van der Waals surface area contributed by atoms with Gasteiger partial charge in [-0.3, -0.25) is 4.99 Å². The van der Waals surface area contributed by atoms with Crippen LogP contribution in [0.4, 0.5) is 0 Å². The average Bonchev–Trinajstić information content (AvgIpc) is 2.63. The molecule has 15 heavy (non-hydrogen) atoms. The standard InChI is InChI=1S/C12H15ClN2/c1-15-8-2-3-12(15)14-9-10-4-6-11(13)7-5-10/h4-7H,2-3,8-9H2,1H3. The number of benzene rings is 1. The summed E-state index contributed by atoms with van der Waals surface area (Å²) in [7, 11) is 2.10. The first-order valence-electron chi connectivity index (χ1n) is 5.24. The molecular weight excluding hydrogens is 208 g/mol. The first-order valence-corrected chi connectivity index (χ1v) is 5.62. The average molecular weight is 223 g/mol. The lowest BCUT2D eigenvalue weighted by atomic mass is 10.2. The Morgan fingerprint density at radius 3 is 2.67 bits per heavy atom. The van der Waals surface area contributed by atoms with E-state index in [0.717, 1.165) is 24.5 Å². The van der Waals surface area contributed by atoms with Crippen LogP contribution in [0.15, 0.2) is 29.3 Å². The Hall–Kier alpha value is -1.02. The molecule has 1 fully saturated rings. The highest BCUT2D eigenvalue weighted by atomic mass is 35.5. The Bertz CT molecular complexity index is 356. The van der Waals surface area contributed by atoms with Crippen LogP contribution in [0.1, 0.15) is 18.4 Å². The van der Waals surface area contributed by atoms with Crippen molar-refractivity contribution in [3.05, 3.63) is 34.9 Å². The molecular formula is C12H15ClN2. The zero-order chi connectivity index (χ0) is 10.7. The number of hydrogen-bond acceptors (Lipinski definition) is 1. The lowest BCUT2D eigenvalue weighted by Gasteiger charge is -2.10. The fraction of sp³-hybridized carbons (Fsp3) is 0.417. The van der Waals surface area contributed by atoms with Crippen molar-refractivity contribution in [3.63, 3.8) is 0 Å². The summed E-state index contributed by atoms with van der Waals surface area (Å²) in [5, 5.41) is 0.782. The third-order valence-electron chi connectivity index (χ3n) is 2.69. The topological polar surface area (TPSA) is 15.6 Å². The van der Waals surface area contributed by atoms with Crippen LogP contribution in [-0.4, -0.2) is 24.3 Å². The van der Waals surface area contributed by atoms with Crippen molar-refractivity contribution < 1.29 is 0 Å². The maximum atomic E-state index is 5.82. The molecule has 0 atom stereocenters. The molecule has 2 rings (SSSR count). The molecule has 2 nitrogen and oxygen atoms in total. The van der Waals surface area contributed by atoms with E-state index in [9.17, 15) is 0 Å². The second-order valence-electron chi connectivity index (χ2n) is 3.88. The minimum atomic E-state index is 0.761. The summed E-state index contributed by atoms with van der Waals surface area (Å²) in [4.78, 5) is 6.84. The van der Waals surface area contributed by atoms with Crippen molar-refractivity contribution in [2.75, 3.05) is 13.6 Å². The molecule has 1 aromatic carbocycles. The normalized spacial score (nSPS) is 18.8. The molecule has 0 radical (unpaired) electrons. The SMILES string of the molecule is CN1CCCC1=NCc1ccc(Cl)cc1. The quantitative estimate of drug-likeness (QED) is 0.751. The molecule has 1 saturated heterocycles. The maximum absolute atomic E-state index is 5.82. The van der Waals surface area contributed by atoms with Gasteiger partial charge in [-0.1, -0.05) is 23.7 Å². The lowest BCUT2D eigenvalue weighted by Crippen LogP contribution is -2.19. The monoisotopic (exact) mass is 222 g/mol. The fourth-order valence-corrected chi connectivity index (χ4v) is 1.89. The Balaban J connectivity index is 2.00. The second-order valence-corrected chi connectivity index (χ2v) is 4.32. The van der Waals surface area contributed by atoms with Gasteiger partial charge in [-0.2, -0.15) is 0 Å². The maximum Gasteiger partial charge on any atom is 0.0991 e. The molecule has 0 aromatic heterocycles. The zero-order valence-corrected chi connectivity index (χ0v) is 9.67. The van der Waals surface area contributed by atoms with Gasteiger partial charge in [-0.25, -0.2) is 0 Å². The number of hydrogen-bond donors (Lipinski definition) is 0. The van der Waals surface area contributed by atoms with E-state index in [1.54, 1.807) is 0 Å². The van der Waals surface area contributed by atoms with Crippen molar-refractivity contribution >= 4 is 17.4 Å². The minimum absolute atomic E-state index is 0.761. The van der Waals surface area contributed by atoms with E-state index in [0.29, 0.717) is 0 Å². The fourth-order valence-electron chi connectivity index (χ4n) is 1.77. The summed E-state index contributed by atoms with van der Waals surface area (Å²) in [5.41, 5.74) is 1.22. The molecule has 80 valence electrons. The third kappa shape index (κ3) is 2.72. The zero-order valence-electron chi connectivity index (χ0n) is 8.91. The smallest absolute Gasteiger partial charge is 0.0991 e. The van der Waals surface area contributed by atoms with E-state index in [4.69, 9.17) is 11.6 Å². The van der Waals surface area contributed by atoms with Crippen LogP contribution < -0.4 is 0 Å². The summed E-state index contributed by atoms with van der Waals surface area (Å²) in [5.74, 6) is 1.23. The Morgan fingerprint density at radius 2 is 2.07 bits per heavy atom. The van der Waals surface area contributed by atoms with Gasteiger partial charge in [0.2, 0.25) is 0 Å². The molecule has 0 saturated carbocycles. The van der Waals surface area contributed by atoms with E-state index in [-0.39, 0.29) is 0 Å². The molecule has 0 spiro atoms. The van der Waals surface area contributed by atoms with Crippen LogP contribution in [0.3, 0.4) is 0 Å². The highest BCUT2D eigenvalue weighted by molar-refractivity contribution is 6.30. The van der Waals surface area contributed by atoms with E-state index in [1.807, 2.05) is 24.3 Å². The summed E-state index contributed by atoms with van der Waals surface area (Å²) in [6, 6.07) is 7.88. The highest BCUT2D eigenvalue weighted by Gasteiger charge is 2.12. The molecule has 0 aliphatic carbocycles. The van der Waals surface area contributed by atoms with Gasteiger partial charge in [0.15, 0.2) is 0 Å². The van der Waals surface area contributed by atoms with Crippen LogP contribution in [0, 0.1) is 0 Å². The summed E-state index contributed by atoms with van der Waals surface area (Å²) < 4.78 is 0. The third-order valence-corrected chi connectivity index (χ3v) is 2.94. The largest absolute Gasteiger partial charge is 0.363 e. The van der Waals surface area contributed by atoms with Crippen LogP contribution >= 0.6 is 11.6 Å². The summed E-state index contributed by atoms with van der Waals surface area (Å²) >= 11 is 5.82. The van der Waals surface area contributed by atoms with Crippen LogP contribution in [-0.2, 0) is 6.54 Å². The number of nitrogens with zero attached hydrogens (tertiary/aromatic N) is 2. The van der Waals surface area contributed by atoms with Gasteiger partial charge in [-0.15, -0.1) is 0 Å². The van der Waals surface area contributed by atoms with E-state index in [2.05, 4.69) is 16.9 Å². The first kappa shape index (κ1) is 10.5. The van der Waals surface area contributed by atoms with Crippen molar-refractivity contribution in [1.29, 1.82) is 0 Å². The van der Waals surface area contributed by atoms with Crippen molar-refractivity contribution in [2.24, 2.45) is 4.99 Å². The van der Waals surface area contributed by atoms with Gasteiger partial charge in [0.05, 0.1) is 12.4 Å². The second kappa shape index (κ2) is 4.67. The Kier molecular flexibility index (Phi) is 3.27. The number of rotatable bonds is 2. The molecule has 1 heterocycles. The Labute approximate surface area is 95.6 Å². The number of halogens is 1. The minimum Gasteiger partial charge on any atom is -0.363 e. The highest BCUT2D eigenvalue weighted by Crippen LogP contribution is 2.13. The first-order chi connectivity index (χ1) is 7.25. The number of aliphatic imine (C=N–C) groups is 1. The van der Waals surface area contributed by atoms with Gasteiger partial charge >= 0.3 is 0 Å². The molecule has 1 aliphatic heterocycles. The molecule has 0 unspecified atom stereocenters. The molecule has 3 heteroatoms. The number of amidine groups is 1. The predicted octanol–water partition coefficient (Wildman–Crippen LogP) is 2.96. The molecule has 0 amide bonds. The van der Waals surface area contributed by atoms with E-state index in [1.165, 1.54) is 17.8 Å². The molecule has 0 N–H and O–H groups in total. The summed E-state index contributed by atoms with van der Waals surface area (Å²) in [6.07, 6.45) is 2.35. The molecule has 1 aliphatic rings. The van der Waals surface area contributed by atoms with E-state index < -0.39 is 0 Å². The van der Waals surface area contributed by atoms with Crippen LogP contribution in [0.25, 0.3) is 0 Å². The van der Waals surface area contributed by atoms with Gasteiger partial charge in [0.25, 0.3) is 0 Å². The van der Waals surface area contributed by atoms with Gasteiger partial charge in [0, 0.05) is 25.0 Å². The predicted molar refractivity (Wildman–Crippen MR) is 64.5 cm³/mol. The van der Waals surface area contributed by atoms with Crippen molar-refractivity contribution in [2.45, 2.75) is 19.4 Å². The van der Waals surface area contributed by atoms with E-state index >= 15 is 0 Å². The van der Waals surface area contributed by atoms with Gasteiger partial charge < -0.3 is 4.90 Å². The van der Waals surface area contributed by atoms with Gasteiger partial charge in [0.1, 0.15) is 0 Å². The Morgan fingerprint density at radius 1 is 1.33 bits per heavy atom. The number of likely N-dealkylation sites (tertiary alicyclic amines) is 1. The van der Waals surface area contributed by atoms with Crippen molar-refractivity contribution in [1.82, 2.24) is 4.90 Å².